The maximum atomic E-state index is 12.0. The fraction of sp³-hybridized carbons (Fsp3) is 0.846. The first-order valence-corrected chi connectivity index (χ1v) is 6.78. The summed E-state index contributed by atoms with van der Waals surface area (Å²) in [4.78, 5) is 24.6. The van der Waals surface area contributed by atoms with E-state index in [1.807, 2.05) is 27.7 Å². The van der Waals surface area contributed by atoms with Crippen LogP contribution in [-0.2, 0) is 9.53 Å². The molecule has 2 N–H and O–H groups in total. The number of carboxylic acids is 1. The van der Waals surface area contributed by atoms with E-state index in [4.69, 9.17) is 9.84 Å². The predicted octanol–water partition coefficient (Wildman–Crippen LogP) is 1.55. The second-order valence-electron chi connectivity index (χ2n) is 4.75. The molecule has 0 aliphatic rings. The van der Waals surface area contributed by atoms with Crippen molar-refractivity contribution in [3.05, 3.63) is 0 Å². The number of nitrogens with one attached hydrogen (secondary N) is 1. The molecule has 112 valence electrons. The standard InChI is InChI=1S/C13H26N2O4/c1-5-15(7-8-19-6-2)13(18)14-11(12(16)17)9-10(3)4/h10-11H,5-9H2,1-4H3,(H,14,18)(H,16,17). The van der Waals surface area contributed by atoms with Crippen molar-refractivity contribution in [1.82, 2.24) is 10.2 Å². The molecule has 0 aromatic carbocycles. The van der Waals surface area contributed by atoms with E-state index in [0.29, 0.717) is 32.7 Å². The minimum Gasteiger partial charge on any atom is -0.480 e. The number of likely N-dealkylation sites (N-methyl/N-ethyl adjacent to an activating group) is 1. The number of nitrogens with zero attached hydrogens (tertiary/aromatic N) is 1. The van der Waals surface area contributed by atoms with Gasteiger partial charge in [0.05, 0.1) is 6.61 Å². The van der Waals surface area contributed by atoms with E-state index in [2.05, 4.69) is 5.32 Å². The average Bonchev–Trinajstić information content (AvgIpc) is 2.33. The Kier molecular flexibility index (Phi) is 8.95. The van der Waals surface area contributed by atoms with Crippen LogP contribution in [0.4, 0.5) is 4.79 Å². The van der Waals surface area contributed by atoms with Crippen molar-refractivity contribution in [2.45, 2.75) is 40.2 Å². The topological polar surface area (TPSA) is 78.9 Å². The number of ether oxygens (including phenoxy) is 1. The highest BCUT2D eigenvalue weighted by Gasteiger charge is 2.23. The van der Waals surface area contributed by atoms with Crippen LogP contribution in [0.5, 0.6) is 0 Å². The van der Waals surface area contributed by atoms with E-state index < -0.39 is 12.0 Å². The summed E-state index contributed by atoms with van der Waals surface area (Å²) in [6.45, 7) is 9.63. The molecule has 0 aliphatic carbocycles. The fourth-order valence-electron chi connectivity index (χ4n) is 1.66. The van der Waals surface area contributed by atoms with Crippen molar-refractivity contribution in [1.29, 1.82) is 0 Å². The summed E-state index contributed by atoms with van der Waals surface area (Å²) in [5.41, 5.74) is 0. The van der Waals surface area contributed by atoms with Gasteiger partial charge in [0.15, 0.2) is 0 Å². The van der Waals surface area contributed by atoms with Gasteiger partial charge in [0.2, 0.25) is 0 Å². The molecular formula is C13H26N2O4. The maximum absolute atomic E-state index is 12.0. The largest absolute Gasteiger partial charge is 0.480 e. The van der Waals surface area contributed by atoms with Crippen molar-refractivity contribution < 1.29 is 19.4 Å². The van der Waals surface area contributed by atoms with Crippen LogP contribution in [-0.4, -0.2) is 54.4 Å². The molecule has 0 bridgehead atoms. The van der Waals surface area contributed by atoms with Gasteiger partial charge in [-0.25, -0.2) is 9.59 Å². The summed E-state index contributed by atoms with van der Waals surface area (Å²) in [6.07, 6.45) is 0.421. The molecular weight excluding hydrogens is 248 g/mol. The van der Waals surface area contributed by atoms with Gasteiger partial charge in [-0.3, -0.25) is 0 Å². The van der Waals surface area contributed by atoms with E-state index in [1.165, 1.54) is 0 Å². The lowest BCUT2D eigenvalue weighted by Crippen LogP contribution is -2.49. The zero-order valence-corrected chi connectivity index (χ0v) is 12.3. The molecule has 0 aromatic rings. The molecule has 0 aromatic heterocycles. The lowest BCUT2D eigenvalue weighted by atomic mass is 10.0. The smallest absolute Gasteiger partial charge is 0.326 e. The van der Waals surface area contributed by atoms with Gasteiger partial charge >= 0.3 is 12.0 Å². The number of hydrogen-bond donors (Lipinski definition) is 2. The minimum absolute atomic E-state index is 0.208. The highest BCUT2D eigenvalue weighted by Crippen LogP contribution is 2.05. The van der Waals surface area contributed by atoms with Gasteiger partial charge in [-0.1, -0.05) is 13.8 Å². The van der Waals surface area contributed by atoms with E-state index in [-0.39, 0.29) is 11.9 Å². The van der Waals surface area contributed by atoms with Crippen LogP contribution in [0.1, 0.15) is 34.1 Å². The molecule has 19 heavy (non-hydrogen) atoms. The van der Waals surface area contributed by atoms with Crippen LogP contribution < -0.4 is 5.32 Å². The van der Waals surface area contributed by atoms with Crippen LogP contribution in [0.15, 0.2) is 0 Å². The van der Waals surface area contributed by atoms with Gasteiger partial charge in [-0.2, -0.15) is 0 Å². The number of carbonyl (C=O) groups excluding carboxylic acids is 1. The molecule has 0 aliphatic heterocycles. The Morgan fingerprint density at radius 3 is 2.37 bits per heavy atom. The summed E-state index contributed by atoms with van der Waals surface area (Å²) < 4.78 is 5.19. The van der Waals surface area contributed by atoms with Crippen LogP contribution in [0.25, 0.3) is 0 Å². The molecule has 0 saturated heterocycles. The van der Waals surface area contributed by atoms with Gasteiger partial charge in [-0.05, 0) is 26.2 Å². The van der Waals surface area contributed by atoms with Crippen molar-refractivity contribution in [3.63, 3.8) is 0 Å². The first kappa shape index (κ1) is 17.7. The quantitative estimate of drug-likeness (QED) is 0.625. The van der Waals surface area contributed by atoms with Crippen LogP contribution in [0, 0.1) is 5.92 Å². The molecule has 0 heterocycles. The van der Waals surface area contributed by atoms with E-state index in [9.17, 15) is 9.59 Å². The Bertz CT molecular complexity index is 282. The van der Waals surface area contributed by atoms with Crippen molar-refractivity contribution in [2.75, 3.05) is 26.3 Å². The fourth-order valence-corrected chi connectivity index (χ4v) is 1.66. The molecule has 2 amide bonds. The zero-order chi connectivity index (χ0) is 14.8. The van der Waals surface area contributed by atoms with Crippen molar-refractivity contribution in [2.24, 2.45) is 5.92 Å². The average molecular weight is 274 g/mol. The van der Waals surface area contributed by atoms with Gasteiger partial charge in [0, 0.05) is 19.7 Å². The third kappa shape index (κ3) is 7.66. The van der Waals surface area contributed by atoms with Crippen LogP contribution in [0.2, 0.25) is 0 Å². The van der Waals surface area contributed by atoms with E-state index in [0.717, 1.165) is 0 Å². The first-order chi connectivity index (χ1) is 8.92. The lowest BCUT2D eigenvalue weighted by Gasteiger charge is -2.24. The summed E-state index contributed by atoms with van der Waals surface area (Å²) in [7, 11) is 0. The first-order valence-electron chi connectivity index (χ1n) is 6.78. The summed E-state index contributed by atoms with van der Waals surface area (Å²) >= 11 is 0. The van der Waals surface area contributed by atoms with Crippen LogP contribution >= 0.6 is 0 Å². The molecule has 0 radical (unpaired) electrons. The number of hydrogen-bond acceptors (Lipinski definition) is 3. The Morgan fingerprint density at radius 1 is 1.32 bits per heavy atom. The molecule has 6 heteroatoms. The molecule has 0 saturated carbocycles. The Hall–Kier alpha value is -1.30. The number of rotatable bonds is 9. The van der Waals surface area contributed by atoms with Gasteiger partial charge in [0.25, 0.3) is 0 Å². The monoisotopic (exact) mass is 274 g/mol. The number of amides is 2. The SMILES string of the molecule is CCOCCN(CC)C(=O)NC(CC(C)C)C(=O)O. The van der Waals surface area contributed by atoms with Crippen molar-refractivity contribution in [3.8, 4) is 0 Å². The number of carbonyl (C=O) groups is 2. The summed E-state index contributed by atoms with van der Waals surface area (Å²) in [5, 5.41) is 11.6. The molecule has 0 rings (SSSR count). The Balaban J connectivity index is 4.37. The normalized spacial score (nSPS) is 12.3. The molecule has 1 unspecified atom stereocenters. The second-order valence-corrected chi connectivity index (χ2v) is 4.75. The Labute approximate surface area is 115 Å². The Morgan fingerprint density at radius 2 is 1.95 bits per heavy atom. The van der Waals surface area contributed by atoms with Gasteiger partial charge in [-0.15, -0.1) is 0 Å². The molecule has 6 nitrogen and oxygen atoms in total. The zero-order valence-electron chi connectivity index (χ0n) is 12.3. The minimum atomic E-state index is -0.997. The van der Waals surface area contributed by atoms with Crippen LogP contribution in [0.3, 0.4) is 0 Å². The molecule has 1 atom stereocenters. The highest BCUT2D eigenvalue weighted by molar-refractivity contribution is 5.82. The highest BCUT2D eigenvalue weighted by atomic mass is 16.5. The summed E-state index contributed by atoms with van der Waals surface area (Å²) in [5.74, 6) is -0.789. The summed E-state index contributed by atoms with van der Waals surface area (Å²) in [6, 6.07) is -1.19. The van der Waals surface area contributed by atoms with Gasteiger partial charge < -0.3 is 20.1 Å². The number of carboxylic acid groups (broad SMARTS) is 1. The number of urea groups is 1. The molecule has 0 fully saturated rings. The second kappa shape index (κ2) is 9.61. The van der Waals surface area contributed by atoms with E-state index >= 15 is 0 Å². The van der Waals surface area contributed by atoms with Gasteiger partial charge in [0.1, 0.15) is 6.04 Å². The third-order valence-corrected chi connectivity index (χ3v) is 2.68. The predicted molar refractivity (Wildman–Crippen MR) is 73.2 cm³/mol. The van der Waals surface area contributed by atoms with Crippen molar-refractivity contribution >= 4 is 12.0 Å². The number of aliphatic carboxylic acids is 1. The third-order valence-electron chi connectivity index (χ3n) is 2.68. The lowest BCUT2D eigenvalue weighted by molar-refractivity contribution is -0.139. The molecule has 0 spiro atoms. The van der Waals surface area contributed by atoms with E-state index in [1.54, 1.807) is 4.90 Å². The maximum Gasteiger partial charge on any atom is 0.326 e.